The highest BCUT2D eigenvalue weighted by molar-refractivity contribution is 5.35. The summed E-state index contributed by atoms with van der Waals surface area (Å²) in [7, 11) is 0. The molecular weight excluding hydrogens is 200 g/mol. The normalized spacial score (nSPS) is 10.1. The summed E-state index contributed by atoms with van der Waals surface area (Å²) >= 11 is 0. The van der Waals surface area contributed by atoms with Gasteiger partial charge in [-0.3, -0.25) is 0 Å². The van der Waals surface area contributed by atoms with Crippen LogP contribution >= 0.6 is 0 Å². The molecule has 1 heterocycles. The predicted octanol–water partition coefficient (Wildman–Crippen LogP) is 2.64. The molecule has 3 heteroatoms. The van der Waals surface area contributed by atoms with Crippen LogP contribution in [-0.4, -0.2) is 4.98 Å². The smallest absolute Gasteiger partial charge is 0.219 e. The first kappa shape index (κ1) is 10.6. The lowest BCUT2D eigenvalue weighted by Crippen LogP contribution is -1.97. The Morgan fingerprint density at radius 1 is 1.25 bits per heavy atom. The number of nitrogens with two attached hydrogens (primary N) is 1. The summed E-state index contributed by atoms with van der Waals surface area (Å²) < 4.78 is 5.68. The third-order valence-corrected chi connectivity index (χ3v) is 2.34. The second kappa shape index (κ2) is 4.77. The van der Waals surface area contributed by atoms with Crippen LogP contribution in [0, 0.1) is 6.92 Å². The van der Waals surface area contributed by atoms with Crippen LogP contribution in [0.5, 0.6) is 11.6 Å². The summed E-state index contributed by atoms with van der Waals surface area (Å²) in [6.07, 6.45) is 1.70. The van der Waals surface area contributed by atoms with E-state index in [1.807, 2.05) is 43.3 Å². The molecule has 2 rings (SSSR count). The molecule has 0 spiro atoms. The van der Waals surface area contributed by atoms with E-state index in [4.69, 9.17) is 10.5 Å². The zero-order valence-corrected chi connectivity index (χ0v) is 9.18. The second-order valence-electron chi connectivity index (χ2n) is 3.57. The molecule has 0 amide bonds. The minimum atomic E-state index is 0.493. The second-order valence-corrected chi connectivity index (χ2v) is 3.57. The summed E-state index contributed by atoms with van der Waals surface area (Å²) in [6.45, 7) is 2.49. The minimum absolute atomic E-state index is 0.493. The number of hydrogen-bond donors (Lipinski definition) is 1. The molecule has 0 aliphatic heterocycles. The first-order valence-electron chi connectivity index (χ1n) is 5.18. The van der Waals surface area contributed by atoms with Crippen molar-refractivity contribution in [3.8, 4) is 11.6 Å². The van der Waals surface area contributed by atoms with Gasteiger partial charge in [-0.2, -0.15) is 0 Å². The molecule has 3 nitrogen and oxygen atoms in total. The SMILES string of the molecule is Cc1ccccc1Oc1cc(CN)ccn1. The number of aromatic nitrogens is 1. The van der Waals surface area contributed by atoms with E-state index in [1.54, 1.807) is 6.20 Å². The van der Waals surface area contributed by atoms with Crippen molar-refractivity contribution < 1.29 is 4.74 Å². The third kappa shape index (κ3) is 2.38. The fraction of sp³-hybridized carbons (Fsp3) is 0.154. The van der Waals surface area contributed by atoms with Crippen LogP contribution in [-0.2, 0) is 6.54 Å². The van der Waals surface area contributed by atoms with Crippen molar-refractivity contribution in [1.82, 2.24) is 4.98 Å². The van der Waals surface area contributed by atoms with E-state index in [1.165, 1.54) is 0 Å². The molecule has 0 saturated heterocycles. The number of benzene rings is 1. The van der Waals surface area contributed by atoms with E-state index in [-0.39, 0.29) is 0 Å². The number of nitrogens with zero attached hydrogens (tertiary/aromatic N) is 1. The van der Waals surface area contributed by atoms with Gasteiger partial charge in [-0.25, -0.2) is 4.98 Å². The fourth-order valence-corrected chi connectivity index (χ4v) is 1.42. The molecule has 0 fully saturated rings. The fourth-order valence-electron chi connectivity index (χ4n) is 1.42. The zero-order valence-electron chi connectivity index (χ0n) is 9.18. The molecule has 1 aromatic heterocycles. The van der Waals surface area contributed by atoms with Gasteiger partial charge in [0.2, 0.25) is 5.88 Å². The van der Waals surface area contributed by atoms with E-state index in [2.05, 4.69) is 4.98 Å². The number of pyridine rings is 1. The molecule has 0 bridgehead atoms. The first-order chi connectivity index (χ1) is 7.79. The number of para-hydroxylation sites is 1. The van der Waals surface area contributed by atoms with Crippen molar-refractivity contribution >= 4 is 0 Å². The molecule has 0 aliphatic carbocycles. The summed E-state index contributed by atoms with van der Waals surface area (Å²) in [5.41, 5.74) is 7.66. The van der Waals surface area contributed by atoms with Crippen molar-refractivity contribution in [2.75, 3.05) is 0 Å². The Labute approximate surface area is 94.9 Å². The minimum Gasteiger partial charge on any atom is -0.439 e. The molecule has 0 saturated carbocycles. The van der Waals surface area contributed by atoms with E-state index in [9.17, 15) is 0 Å². The van der Waals surface area contributed by atoms with Crippen molar-refractivity contribution in [2.45, 2.75) is 13.5 Å². The first-order valence-corrected chi connectivity index (χ1v) is 5.18. The van der Waals surface area contributed by atoms with Gasteiger partial charge >= 0.3 is 0 Å². The molecular formula is C13H14N2O. The molecule has 16 heavy (non-hydrogen) atoms. The highest BCUT2D eigenvalue weighted by Gasteiger charge is 2.01. The average molecular weight is 214 g/mol. The van der Waals surface area contributed by atoms with Gasteiger partial charge in [0.25, 0.3) is 0 Å². The number of hydrogen-bond acceptors (Lipinski definition) is 3. The summed E-state index contributed by atoms with van der Waals surface area (Å²) in [5.74, 6) is 1.40. The topological polar surface area (TPSA) is 48.1 Å². The summed E-state index contributed by atoms with van der Waals surface area (Å²) in [4.78, 5) is 4.15. The van der Waals surface area contributed by atoms with E-state index in [0.717, 1.165) is 16.9 Å². The van der Waals surface area contributed by atoms with Gasteiger partial charge in [0, 0.05) is 18.8 Å². The van der Waals surface area contributed by atoms with E-state index in [0.29, 0.717) is 12.4 Å². The Hall–Kier alpha value is -1.87. The maximum Gasteiger partial charge on any atom is 0.219 e. The van der Waals surface area contributed by atoms with Gasteiger partial charge in [-0.05, 0) is 30.2 Å². The standard InChI is InChI=1S/C13H14N2O/c1-10-4-2-3-5-12(10)16-13-8-11(9-14)6-7-15-13/h2-8H,9,14H2,1H3. The Bertz CT molecular complexity index is 483. The Morgan fingerprint density at radius 3 is 2.81 bits per heavy atom. The van der Waals surface area contributed by atoms with E-state index < -0.39 is 0 Å². The van der Waals surface area contributed by atoms with Crippen LogP contribution in [0.1, 0.15) is 11.1 Å². The van der Waals surface area contributed by atoms with Crippen LogP contribution in [0.4, 0.5) is 0 Å². The predicted molar refractivity (Wildman–Crippen MR) is 63.4 cm³/mol. The largest absolute Gasteiger partial charge is 0.439 e. The van der Waals surface area contributed by atoms with Gasteiger partial charge in [-0.15, -0.1) is 0 Å². The Balaban J connectivity index is 2.24. The van der Waals surface area contributed by atoms with Crippen molar-refractivity contribution in [1.29, 1.82) is 0 Å². The van der Waals surface area contributed by atoms with Gasteiger partial charge in [0.05, 0.1) is 0 Å². The summed E-state index contributed by atoms with van der Waals surface area (Å²) in [6, 6.07) is 11.6. The molecule has 82 valence electrons. The van der Waals surface area contributed by atoms with Gasteiger partial charge in [0.1, 0.15) is 5.75 Å². The van der Waals surface area contributed by atoms with Crippen LogP contribution in [0.25, 0.3) is 0 Å². The zero-order chi connectivity index (χ0) is 11.4. The van der Waals surface area contributed by atoms with Crippen molar-refractivity contribution in [3.63, 3.8) is 0 Å². The van der Waals surface area contributed by atoms with Crippen LogP contribution in [0.2, 0.25) is 0 Å². The van der Waals surface area contributed by atoms with Crippen LogP contribution in [0.15, 0.2) is 42.6 Å². The lowest BCUT2D eigenvalue weighted by atomic mass is 10.2. The average Bonchev–Trinajstić information content (AvgIpc) is 2.32. The number of aryl methyl sites for hydroxylation is 1. The van der Waals surface area contributed by atoms with Crippen LogP contribution < -0.4 is 10.5 Å². The molecule has 2 N–H and O–H groups in total. The Morgan fingerprint density at radius 2 is 2.06 bits per heavy atom. The van der Waals surface area contributed by atoms with Crippen LogP contribution in [0.3, 0.4) is 0 Å². The maximum absolute atomic E-state index is 5.68. The number of rotatable bonds is 3. The maximum atomic E-state index is 5.68. The molecule has 0 aliphatic rings. The summed E-state index contributed by atoms with van der Waals surface area (Å²) in [5, 5.41) is 0. The van der Waals surface area contributed by atoms with Gasteiger partial charge < -0.3 is 10.5 Å². The van der Waals surface area contributed by atoms with Gasteiger partial charge in [0.15, 0.2) is 0 Å². The highest BCUT2D eigenvalue weighted by Crippen LogP contribution is 2.23. The molecule has 1 aromatic carbocycles. The molecule has 0 radical (unpaired) electrons. The molecule has 2 aromatic rings. The monoisotopic (exact) mass is 214 g/mol. The lowest BCUT2D eigenvalue weighted by Gasteiger charge is -2.07. The van der Waals surface area contributed by atoms with Crippen molar-refractivity contribution in [2.24, 2.45) is 5.73 Å². The quantitative estimate of drug-likeness (QED) is 0.854. The Kier molecular flexibility index (Phi) is 3.17. The van der Waals surface area contributed by atoms with Crippen molar-refractivity contribution in [3.05, 3.63) is 53.7 Å². The van der Waals surface area contributed by atoms with Gasteiger partial charge in [-0.1, -0.05) is 18.2 Å². The van der Waals surface area contributed by atoms with E-state index >= 15 is 0 Å². The highest BCUT2D eigenvalue weighted by atomic mass is 16.5. The molecule has 0 unspecified atom stereocenters. The number of ether oxygens (including phenoxy) is 1. The lowest BCUT2D eigenvalue weighted by molar-refractivity contribution is 0.458. The molecule has 0 atom stereocenters. The third-order valence-electron chi connectivity index (χ3n) is 2.34.